The molecular formula is C18H26N4O3. The van der Waals surface area contributed by atoms with Crippen LogP contribution < -0.4 is 10.2 Å². The molecule has 7 nitrogen and oxygen atoms in total. The highest BCUT2D eigenvalue weighted by Gasteiger charge is 2.29. The molecule has 1 amide bonds. The van der Waals surface area contributed by atoms with Crippen molar-refractivity contribution in [3.8, 4) is 0 Å². The molecule has 2 aliphatic heterocycles. The van der Waals surface area contributed by atoms with E-state index < -0.39 is 12.0 Å². The Kier molecular flexibility index (Phi) is 5.86. The summed E-state index contributed by atoms with van der Waals surface area (Å²) in [4.78, 5) is 32.0. The molecule has 0 radical (unpaired) electrons. The quantitative estimate of drug-likeness (QED) is 0.847. The first kappa shape index (κ1) is 17.7. The van der Waals surface area contributed by atoms with E-state index in [2.05, 4.69) is 15.2 Å². The van der Waals surface area contributed by atoms with Gasteiger partial charge in [-0.1, -0.05) is 6.42 Å². The van der Waals surface area contributed by atoms with Crippen molar-refractivity contribution >= 4 is 23.4 Å². The maximum Gasteiger partial charge on any atom is 0.320 e. The van der Waals surface area contributed by atoms with Crippen LogP contribution in [0.25, 0.3) is 0 Å². The molecule has 1 atom stereocenters. The van der Waals surface area contributed by atoms with Gasteiger partial charge in [-0.15, -0.1) is 0 Å². The van der Waals surface area contributed by atoms with E-state index in [9.17, 15) is 14.7 Å². The molecule has 2 fully saturated rings. The van der Waals surface area contributed by atoms with Crippen LogP contribution in [0.1, 0.15) is 38.5 Å². The number of pyridine rings is 1. The van der Waals surface area contributed by atoms with E-state index in [1.807, 2.05) is 12.1 Å². The first-order valence-corrected chi connectivity index (χ1v) is 9.11. The summed E-state index contributed by atoms with van der Waals surface area (Å²) in [5, 5.41) is 12.1. The zero-order valence-corrected chi connectivity index (χ0v) is 14.5. The fourth-order valence-electron chi connectivity index (χ4n) is 3.61. The van der Waals surface area contributed by atoms with E-state index in [0.29, 0.717) is 18.7 Å². The summed E-state index contributed by atoms with van der Waals surface area (Å²) in [5.74, 6) is -0.0969. The lowest BCUT2D eigenvalue weighted by Gasteiger charge is -2.32. The smallest absolute Gasteiger partial charge is 0.320 e. The first-order chi connectivity index (χ1) is 12.1. The zero-order chi connectivity index (χ0) is 17.6. The van der Waals surface area contributed by atoms with Crippen LogP contribution in [0.3, 0.4) is 0 Å². The van der Waals surface area contributed by atoms with Crippen LogP contribution in [0.2, 0.25) is 0 Å². The van der Waals surface area contributed by atoms with Gasteiger partial charge in [0.15, 0.2) is 0 Å². The number of aromatic nitrogens is 1. The van der Waals surface area contributed by atoms with E-state index in [0.717, 1.165) is 31.7 Å². The molecule has 1 unspecified atom stereocenters. The van der Waals surface area contributed by atoms with Gasteiger partial charge in [-0.3, -0.25) is 14.5 Å². The topological polar surface area (TPSA) is 85.8 Å². The van der Waals surface area contributed by atoms with Crippen LogP contribution in [-0.4, -0.2) is 59.1 Å². The van der Waals surface area contributed by atoms with Gasteiger partial charge in [0.05, 0.1) is 18.4 Å². The fourth-order valence-corrected chi connectivity index (χ4v) is 3.61. The highest BCUT2D eigenvalue weighted by molar-refractivity contribution is 5.92. The van der Waals surface area contributed by atoms with E-state index in [1.54, 1.807) is 11.1 Å². The molecule has 0 saturated carbocycles. The Labute approximate surface area is 148 Å². The second-order valence-corrected chi connectivity index (χ2v) is 6.82. The molecular weight excluding hydrogens is 320 g/mol. The lowest BCUT2D eigenvalue weighted by molar-refractivity contribution is -0.145. The van der Waals surface area contributed by atoms with Crippen molar-refractivity contribution < 1.29 is 14.7 Å². The molecule has 2 saturated heterocycles. The Morgan fingerprint density at radius 2 is 1.88 bits per heavy atom. The minimum atomic E-state index is -0.847. The average Bonchev–Trinajstić information content (AvgIpc) is 2.63. The van der Waals surface area contributed by atoms with Crippen LogP contribution in [0, 0.1) is 0 Å². The van der Waals surface area contributed by atoms with Crippen LogP contribution in [0.5, 0.6) is 0 Å². The molecule has 2 N–H and O–H groups in total. The molecule has 2 aliphatic rings. The van der Waals surface area contributed by atoms with Gasteiger partial charge in [0.2, 0.25) is 5.91 Å². The van der Waals surface area contributed by atoms with Crippen molar-refractivity contribution in [1.29, 1.82) is 0 Å². The number of piperidine rings is 2. The number of anilines is 2. The molecule has 0 bridgehead atoms. The number of hydrogen-bond acceptors (Lipinski definition) is 5. The van der Waals surface area contributed by atoms with E-state index >= 15 is 0 Å². The lowest BCUT2D eigenvalue weighted by Crippen LogP contribution is -2.47. The second-order valence-electron chi connectivity index (χ2n) is 6.82. The second kappa shape index (κ2) is 8.29. The number of rotatable bonds is 5. The van der Waals surface area contributed by atoms with Gasteiger partial charge < -0.3 is 15.3 Å². The molecule has 1 aromatic rings. The summed E-state index contributed by atoms with van der Waals surface area (Å²) in [5.41, 5.74) is 0.648. The predicted octanol–water partition coefficient (Wildman–Crippen LogP) is 1.95. The van der Waals surface area contributed by atoms with Gasteiger partial charge in [-0.05, 0) is 50.8 Å². The van der Waals surface area contributed by atoms with Crippen LogP contribution in [0.15, 0.2) is 18.3 Å². The number of aliphatic carboxylic acids is 1. The van der Waals surface area contributed by atoms with Crippen molar-refractivity contribution in [2.24, 2.45) is 0 Å². The van der Waals surface area contributed by atoms with Gasteiger partial charge in [-0.2, -0.15) is 0 Å². The number of carbonyl (C=O) groups is 2. The first-order valence-electron chi connectivity index (χ1n) is 9.11. The Morgan fingerprint density at radius 3 is 2.56 bits per heavy atom. The van der Waals surface area contributed by atoms with Crippen LogP contribution in [0.4, 0.5) is 11.5 Å². The maximum absolute atomic E-state index is 12.3. The van der Waals surface area contributed by atoms with Crippen LogP contribution >= 0.6 is 0 Å². The summed E-state index contributed by atoms with van der Waals surface area (Å²) >= 11 is 0. The van der Waals surface area contributed by atoms with Crippen molar-refractivity contribution in [1.82, 2.24) is 9.88 Å². The fraction of sp³-hybridized carbons (Fsp3) is 0.611. The molecule has 136 valence electrons. The third kappa shape index (κ3) is 4.69. The predicted molar refractivity (Wildman–Crippen MR) is 95.8 cm³/mol. The van der Waals surface area contributed by atoms with Gasteiger partial charge in [-0.25, -0.2) is 4.98 Å². The SMILES string of the molecule is O=C(CN1CCCCC1C(=O)O)Nc1ccc(N2CCCCC2)nc1. The zero-order valence-electron chi connectivity index (χ0n) is 14.5. The van der Waals surface area contributed by atoms with Crippen molar-refractivity contribution in [3.05, 3.63) is 18.3 Å². The number of carboxylic acids is 1. The van der Waals surface area contributed by atoms with Gasteiger partial charge >= 0.3 is 5.97 Å². The third-order valence-electron chi connectivity index (χ3n) is 4.96. The number of likely N-dealkylation sites (tertiary alicyclic amines) is 1. The van der Waals surface area contributed by atoms with Crippen LogP contribution in [-0.2, 0) is 9.59 Å². The van der Waals surface area contributed by atoms with Gasteiger partial charge in [0, 0.05) is 13.1 Å². The Bertz CT molecular complexity index is 599. The summed E-state index contributed by atoms with van der Waals surface area (Å²) in [7, 11) is 0. The molecule has 3 rings (SSSR count). The molecule has 1 aromatic heterocycles. The summed E-state index contributed by atoms with van der Waals surface area (Å²) in [6, 6.07) is 3.24. The van der Waals surface area contributed by atoms with Crippen molar-refractivity contribution in [3.63, 3.8) is 0 Å². The van der Waals surface area contributed by atoms with E-state index in [1.165, 1.54) is 19.3 Å². The number of carbonyl (C=O) groups excluding carboxylic acids is 1. The van der Waals surface area contributed by atoms with Gasteiger partial charge in [0.1, 0.15) is 11.9 Å². The number of carboxylic acid groups (broad SMARTS) is 1. The van der Waals surface area contributed by atoms with Crippen molar-refractivity contribution in [2.45, 2.75) is 44.6 Å². The minimum Gasteiger partial charge on any atom is -0.480 e. The van der Waals surface area contributed by atoms with E-state index in [-0.39, 0.29) is 12.5 Å². The molecule has 0 aliphatic carbocycles. The molecule has 0 spiro atoms. The highest BCUT2D eigenvalue weighted by Crippen LogP contribution is 2.20. The number of nitrogens with one attached hydrogen (secondary N) is 1. The molecule has 25 heavy (non-hydrogen) atoms. The Morgan fingerprint density at radius 1 is 1.12 bits per heavy atom. The third-order valence-corrected chi connectivity index (χ3v) is 4.96. The summed E-state index contributed by atoms with van der Waals surface area (Å²) in [6.07, 6.45) is 7.78. The summed E-state index contributed by atoms with van der Waals surface area (Å²) in [6.45, 7) is 2.82. The monoisotopic (exact) mass is 346 g/mol. The van der Waals surface area contributed by atoms with Crippen molar-refractivity contribution in [2.75, 3.05) is 36.4 Å². The molecule has 3 heterocycles. The number of amides is 1. The largest absolute Gasteiger partial charge is 0.480 e. The highest BCUT2D eigenvalue weighted by atomic mass is 16.4. The molecule has 0 aromatic carbocycles. The number of nitrogens with zero attached hydrogens (tertiary/aromatic N) is 3. The minimum absolute atomic E-state index is 0.102. The molecule has 7 heteroatoms. The normalized spacial score (nSPS) is 21.8. The standard InChI is InChI=1S/C18H26N4O3/c23-17(13-22-11-5-2-6-15(22)18(24)25)20-14-7-8-16(19-12-14)21-9-3-1-4-10-21/h7-8,12,15H,1-6,9-11,13H2,(H,20,23)(H,24,25). The van der Waals surface area contributed by atoms with E-state index in [4.69, 9.17) is 0 Å². The lowest BCUT2D eigenvalue weighted by atomic mass is 10.0. The maximum atomic E-state index is 12.3. The Balaban J connectivity index is 1.54. The summed E-state index contributed by atoms with van der Waals surface area (Å²) < 4.78 is 0. The number of hydrogen-bond donors (Lipinski definition) is 2. The Hall–Kier alpha value is -2.15. The van der Waals surface area contributed by atoms with Gasteiger partial charge in [0.25, 0.3) is 0 Å². The average molecular weight is 346 g/mol.